The molecule has 0 aromatic heterocycles. The summed E-state index contributed by atoms with van der Waals surface area (Å²) < 4.78 is 65.9. The standard InChI is InChI=1S/C13H25F3N4O3S.HI/c1-3-23-9-6-18-12(17-2)19-10-11-4-7-20(8-5-11)24(21,22)13(14,15)16;/h11H,3-10H2,1-2H3,(H2,17,18,19);1H. The van der Waals surface area contributed by atoms with Crippen molar-refractivity contribution >= 4 is 40.0 Å². The second-order valence-electron chi connectivity index (χ2n) is 5.37. The maximum absolute atomic E-state index is 12.5. The Hall–Kier alpha value is -0.340. The third kappa shape index (κ3) is 7.83. The molecule has 12 heteroatoms. The summed E-state index contributed by atoms with van der Waals surface area (Å²) in [5.41, 5.74) is -5.23. The number of alkyl halides is 3. The van der Waals surface area contributed by atoms with Crippen LogP contribution in [0.5, 0.6) is 0 Å². The Morgan fingerprint density at radius 1 is 1.28 bits per heavy atom. The highest BCUT2D eigenvalue weighted by molar-refractivity contribution is 14.0. The van der Waals surface area contributed by atoms with Gasteiger partial charge < -0.3 is 15.4 Å². The van der Waals surface area contributed by atoms with Gasteiger partial charge in [-0.1, -0.05) is 0 Å². The average Bonchev–Trinajstić information content (AvgIpc) is 2.53. The lowest BCUT2D eigenvalue weighted by Gasteiger charge is -2.31. The quantitative estimate of drug-likeness (QED) is 0.238. The molecule has 0 atom stereocenters. The van der Waals surface area contributed by atoms with Crippen molar-refractivity contribution in [3.8, 4) is 0 Å². The number of nitrogens with one attached hydrogen (secondary N) is 2. The third-order valence-electron chi connectivity index (χ3n) is 3.73. The first kappa shape index (κ1) is 24.7. The zero-order chi connectivity index (χ0) is 18.2. The Labute approximate surface area is 163 Å². The van der Waals surface area contributed by atoms with E-state index in [1.807, 2.05) is 6.92 Å². The summed E-state index contributed by atoms with van der Waals surface area (Å²) in [6.07, 6.45) is 0.747. The third-order valence-corrected chi connectivity index (χ3v) is 5.36. The molecule has 1 heterocycles. The molecule has 7 nitrogen and oxygen atoms in total. The van der Waals surface area contributed by atoms with Gasteiger partial charge in [-0.25, -0.2) is 8.42 Å². The minimum Gasteiger partial charge on any atom is -0.380 e. The number of hydrogen-bond acceptors (Lipinski definition) is 4. The number of ether oxygens (including phenoxy) is 1. The molecule has 0 bridgehead atoms. The van der Waals surface area contributed by atoms with E-state index in [2.05, 4.69) is 15.6 Å². The highest BCUT2D eigenvalue weighted by Gasteiger charge is 2.50. The predicted octanol–water partition coefficient (Wildman–Crippen LogP) is 1.37. The molecule has 0 aliphatic carbocycles. The summed E-state index contributed by atoms with van der Waals surface area (Å²) in [5.74, 6) is 0.676. The molecular weight excluding hydrogens is 476 g/mol. The lowest BCUT2D eigenvalue weighted by molar-refractivity contribution is -0.0496. The topological polar surface area (TPSA) is 83.0 Å². The Bertz CT molecular complexity index is 509. The van der Waals surface area contributed by atoms with Crippen molar-refractivity contribution in [3.05, 3.63) is 0 Å². The molecule has 1 aliphatic heterocycles. The summed E-state index contributed by atoms with van der Waals surface area (Å²) in [6, 6.07) is 0. The van der Waals surface area contributed by atoms with Crippen LogP contribution in [0.1, 0.15) is 19.8 Å². The Kier molecular flexibility index (Phi) is 11.2. The van der Waals surface area contributed by atoms with Gasteiger partial charge in [-0.3, -0.25) is 4.99 Å². The Morgan fingerprint density at radius 2 is 1.88 bits per heavy atom. The molecule has 2 N–H and O–H groups in total. The maximum Gasteiger partial charge on any atom is 0.511 e. The second-order valence-corrected chi connectivity index (χ2v) is 7.30. The molecule has 0 unspecified atom stereocenters. The average molecular weight is 502 g/mol. The number of piperidine rings is 1. The zero-order valence-corrected chi connectivity index (χ0v) is 17.5. The normalized spacial score (nSPS) is 17.9. The molecule has 1 saturated heterocycles. The molecule has 150 valence electrons. The number of guanidine groups is 1. The van der Waals surface area contributed by atoms with Crippen LogP contribution in [-0.2, 0) is 14.8 Å². The first-order valence-corrected chi connectivity index (χ1v) is 9.25. The number of nitrogens with zero attached hydrogens (tertiary/aromatic N) is 2. The fourth-order valence-corrected chi connectivity index (χ4v) is 3.33. The van der Waals surface area contributed by atoms with Gasteiger partial charge in [0.05, 0.1) is 6.61 Å². The summed E-state index contributed by atoms with van der Waals surface area (Å²) >= 11 is 0. The number of aliphatic imine (C=N–C) groups is 1. The monoisotopic (exact) mass is 502 g/mol. The Morgan fingerprint density at radius 3 is 2.36 bits per heavy atom. The molecule has 0 saturated carbocycles. The van der Waals surface area contributed by atoms with E-state index in [0.29, 0.717) is 49.4 Å². The molecular formula is C13H26F3IN4O3S. The fraction of sp³-hybridized carbons (Fsp3) is 0.923. The predicted molar refractivity (Wildman–Crippen MR) is 101 cm³/mol. The second kappa shape index (κ2) is 11.4. The molecule has 1 fully saturated rings. The van der Waals surface area contributed by atoms with Crippen molar-refractivity contribution in [3.63, 3.8) is 0 Å². The van der Waals surface area contributed by atoms with Crippen molar-refractivity contribution in [2.75, 3.05) is 46.4 Å². The maximum atomic E-state index is 12.5. The highest BCUT2D eigenvalue weighted by atomic mass is 127. The summed E-state index contributed by atoms with van der Waals surface area (Å²) in [4.78, 5) is 4.04. The van der Waals surface area contributed by atoms with E-state index in [1.54, 1.807) is 7.05 Å². The van der Waals surface area contributed by atoms with E-state index < -0.39 is 15.5 Å². The van der Waals surface area contributed by atoms with Crippen LogP contribution in [0, 0.1) is 5.92 Å². The molecule has 0 radical (unpaired) electrons. The van der Waals surface area contributed by atoms with Crippen LogP contribution < -0.4 is 10.6 Å². The van der Waals surface area contributed by atoms with Crippen molar-refractivity contribution in [1.82, 2.24) is 14.9 Å². The number of hydrogen-bond donors (Lipinski definition) is 2. The van der Waals surface area contributed by atoms with Gasteiger partial charge in [-0.05, 0) is 25.7 Å². The van der Waals surface area contributed by atoms with Crippen molar-refractivity contribution in [2.45, 2.75) is 25.3 Å². The zero-order valence-electron chi connectivity index (χ0n) is 14.3. The minimum absolute atomic E-state index is 0. The van der Waals surface area contributed by atoms with E-state index in [9.17, 15) is 21.6 Å². The molecule has 0 amide bonds. The van der Waals surface area contributed by atoms with Gasteiger partial charge >= 0.3 is 15.5 Å². The summed E-state index contributed by atoms with van der Waals surface area (Å²) in [5, 5.41) is 6.15. The van der Waals surface area contributed by atoms with Gasteiger partial charge in [0.25, 0.3) is 0 Å². The van der Waals surface area contributed by atoms with E-state index in [0.717, 1.165) is 0 Å². The highest BCUT2D eigenvalue weighted by Crippen LogP contribution is 2.30. The van der Waals surface area contributed by atoms with Crippen LogP contribution in [0.25, 0.3) is 0 Å². The van der Waals surface area contributed by atoms with Crippen LogP contribution in [0.2, 0.25) is 0 Å². The van der Waals surface area contributed by atoms with Crippen LogP contribution >= 0.6 is 24.0 Å². The van der Waals surface area contributed by atoms with Gasteiger partial charge in [0.15, 0.2) is 5.96 Å². The molecule has 0 spiro atoms. The van der Waals surface area contributed by atoms with Crippen molar-refractivity contribution in [2.24, 2.45) is 10.9 Å². The first-order valence-electron chi connectivity index (χ1n) is 7.81. The smallest absolute Gasteiger partial charge is 0.380 e. The van der Waals surface area contributed by atoms with Gasteiger partial charge in [0.2, 0.25) is 0 Å². The van der Waals surface area contributed by atoms with Gasteiger partial charge in [-0.2, -0.15) is 17.5 Å². The van der Waals surface area contributed by atoms with E-state index in [4.69, 9.17) is 4.74 Å². The summed E-state index contributed by atoms with van der Waals surface area (Å²) in [7, 11) is -3.59. The lowest BCUT2D eigenvalue weighted by Crippen LogP contribution is -2.47. The summed E-state index contributed by atoms with van der Waals surface area (Å²) in [6.45, 7) is 3.95. The molecule has 25 heavy (non-hydrogen) atoms. The van der Waals surface area contributed by atoms with Crippen LogP contribution in [0.3, 0.4) is 0 Å². The van der Waals surface area contributed by atoms with Crippen LogP contribution in [-0.4, -0.2) is 70.6 Å². The molecule has 1 rings (SSSR count). The van der Waals surface area contributed by atoms with E-state index >= 15 is 0 Å². The van der Waals surface area contributed by atoms with Crippen LogP contribution in [0.4, 0.5) is 13.2 Å². The SMILES string of the molecule is CCOCCNC(=NC)NCC1CCN(S(=O)(=O)C(F)(F)F)CC1.I. The van der Waals surface area contributed by atoms with Gasteiger partial charge in [0.1, 0.15) is 0 Å². The van der Waals surface area contributed by atoms with Gasteiger partial charge in [0, 0.05) is 39.8 Å². The first-order chi connectivity index (χ1) is 11.2. The van der Waals surface area contributed by atoms with Gasteiger partial charge in [-0.15, -0.1) is 24.0 Å². The molecule has 0 aromatic rings. The van der Waals surface area contributed by atoms with Crippen molar-refractivity contribution in [1.29, 1.82) is 0 Å². The van der Waals surface area contributed by atoms with Crippen LogP contribution in [0.15, 0.2) is 4.99 Å². The fourth-order valence-electron chi connectivity index (χ4n) is 2.35. The Balaban J connectivity index is 0.00000576. The molecule has 0 aromatic carbocycles. The molecule has 1 aliphatic rings. The number of halogens is 4. The number of rotatable bonds is 7. The van der Waals surface area contributed by atoms with E-state index in [-0.39, 0.29) is 43.0 Å². The lowest BCUT2D eigenvalue weighted by atomic mass is 9.98. The largest absolute Gasteiger partial charge is 0.511 e. The number of sulfonamides is 1. The van der Waals surface area contributed by atoms with Crippen molar-refractivity contribution < 1.29 is 26.3 Å². The van der Waals surface area contributed by atoms with E-state index in [1.165, 1.54) is 0 Å². The minimum atomic E-state index is -5.23.